The molecule has 0 radical (unpaired) electrons. The predicted molar refractivity (Wildman–Crippen MR) is 128 cm³/mol. The van der Waals surface area contributed by atoms with Crippen LogP contribution in [0.5, 0.6) is 0 Å². The van der Waals surface area contributed by atoms with Crippen molar-refractivity contribution in [2.75, 3.05) is 0 Å². The molecule has 3 N–H and O–H groups in total. The highest BCUT2D eigenvalue weighted by Crippen LogP contribution is 2.38. The van der Waals surface area contributed by atoms with Crippen LogP contribution in [-0.2, 0) is 6.54 Å². The average molecular weight is 448 g/mol. The van der Waals surface area contributed by atoms with Gasteiger partial charge in [-0.2, -0.15) is 5.26 Å². The molecule has 0 amide bonds. The standard InChI is InChI=1S/C25H33N7O/c26-12-10-17-6-8-19(9-7-17)32-23(16-28-22(31-33)14-18-4-2-1-3-5-18)30-21-15-29-25-20(24(21)32)11-13-27-25/h11,13,15,17-19,33H,1-10,14,16H2,(H,27,29)(H,28,31)/t17-,19+. The van der Waals surface area contributed by atoms with Crippen LogP contribution < -0.4 is 5.32 Å². The third-order valence-electron chi connectivity index (χ3n) is 7.65. The van der Waals surface area contributed by atoms with Gasteiger partial charge in [0.1, 0.15) is 22.8 Å². The maximum absolute atomic E-state index is 9.64. The number of pyridine rings is 1. The maximum Gasteiger partial charge on any atom is 0.142 e. The highest BCUT2D eigenvalue weighted by molar-refractivity contribution is 6.01. The van der Waals surface area contributed by atoms with Crippen molar-refractivity contribution in [3.63, 3.8) is 0 Å². The Morgan fingerprint density at radius 2 is 2.00 bits per heavy atom. The minimum Gasteiger partial charge on any atom is -0.409 e. The van der Waals surface area contributed by atoms with E-state index in [2.05, 4.69) is 37.1 Å². The summed E-state index contributed by atoms with van der Waals surface area (Å²) in [6.45, 7) is 0.519. The number of H-pyrrole nitrogens is 1. The predicted octanol–water partition coefficient (Wildman–Crippen LogP) is 5.41. The van der Waals surface area contributed by atoms with Gasteiger partial charge in [0.2, 0.25) is 0 Å². The Bertz CT molecular complexity index is 1160. The Morgan fingerprint density at radius 3 is 2.76 bits per heavy atom. The highest BCUT2D eigenvalue weighted by atomic mass is 16.4. The van der Waals surface area contributed by atoms with Gasteiger partial charge in [-0.3, -0.25) is 0 Å². The van der Waals surface area contributed by atoms with Gasteiger partial charge in [0.05, 0.1) is 24.3 Å². The topological polar surface area (TPSA) is 115 Å². The molecule has 8 heteroatoms. The van der Waals surface area contributed by atoms with E-state index in [-0.39, 0.29) is 0 Å². The second-order valence-corrected chi connectivity index (χ2v) is 9.78. The Kier molecular flexibility index (Phi) is 6.47. The van der Waals surface area contributed by atoms with Crippen molar-refractivity contribution in [2.24, 2.45) is 17.0 Å². The van der Waals surface area contributed by atoms with Crippen LogP contribution in [0.1, 0.15) is 82.5 Å². The highest BCUT2D eigenvalue weighted by Gasteiger charge is 2.27. The van der Waals surface area contributed by atoms with E-state index < -0.39 is 0 Å². The summed E-state index contributed by atoms with van der Waals surface area (Å²) < 4.78 is 2.39. The Morgan fingerprint density at radius 1 is 1.18 bits per heavy atom. The lowest BCUT2D eigenvalue weighted by Gasteiger charge is -2.30. The van der Waals surface area contributed by atoms with Crippen molar-refractivity contribution < 1.29 is 5.21 Å². The molecule has 0 aromatic carbocycles. The molecule has 0 atom stereocenters. The molecule has 8 nitrogen and oxygen atoms in total. The van der Waals surface area contributed by atoms with Crippen LogP contribution in [0.25, 0.3) is 22.1 Å². The lowest BCUT2D eigenvalue weighted by molar-refractivity contribution is 0.277. The maximum atomic E-state index is 9.64. The number of nitrogens with one attached hydrogen (secondary N) is 2. The normalized spacial score (nSPS) is 22.6. The molecule has 5 rings (SSSR count). The molecule has 3 aromatic rings. The number of oxime groups is 1. The molecule has 2 fully saturated rings. The fourth-order valence-electron chi connectivity index (χ4n) is 5.89. The monoisotopic (exact) mass is 447 g/mol. The van der Waals surface area contributed by atoms with E-state index in [0.717, 1.165) is 60.0 Å². The zero-order chi connectivity index (χ0) is 22.6. The lowest BCUT2D eigenvalue weighted by atomic mass is 9.84. The van der Waals surface area contributed by atoms with E-state index in [1.807, 2.05) is 12.4 Å². The van der Waals surface area contributed by atoms with Crippen LogP contribution in [0.2, 0.25) is 0 Å². The van der Waals surface area contributed by atoms with Crippen LogP contribution in [0, 0.1) is 23.2 Å². The summed E-state index contributed by atoms with van der Waals surface area (Å²) in [6, 6.07) is 4.76. The van der Waals surface area contributed by atoms with E-state index in [4.69, 9.17) is 10.2 Å². The molecule has 2 saturated carbocycles. The van der Waals surface area contributed by atoms with E-state index in [9.17, 15) is 5.21 Å². The van der Waals surface area contributed by atoms with Gasteiger partial charge in [0.25, 0.3) is 0 Å². The first-order valence-corrected chi connectivity index (χ1v) is 12.4. The zero-order valence-corrected chi connectivity index (χ0v) is 19.1. The second-order valence-electron chi connectivity index (χ2n) is 9.78. The van der Waals surface area contributed by atoms with Crippen molar-refractivity contribution in [3.05, 3.63) is 24.3 Å². The molecular formula is C25H33N7O. The van der Waals surface area contributed by atoms with Gasteiger partial charge in [-0.25, -0.2) is 9.97 Å². The largest absolute Gasteiger partial charge is 0.409 e. The van der Waals surface area contributed by atoms with Crippen molar-refractivity contribution in [1.29, 1.82) is 5.26 Å². The Hall–Kier alpha value is -3.08. The molecule has 0 aliphatic heterocycles. The molecule has 2 aliphatic rings. The van der Waals surface area contributed by atoms with Gasteiger partial charge < -0.3 is 20.1 Å². The fourth-order valence-corrected chi connectivity index (χ4v) is 5.89. The zero-order valence-electron chi connectivity index (χ0n) is 19.1. The third kappa shape index (κ3) is 4.54. The first-order chi connectivity index (χ1) is 16.3. The molecule has 0 unspecified atom stereocenters. The summed E-state index contributed by atoms with van der Waals surface area (Å²) in [5.41, 5.74) is 2.89. The fraction of sp³-hybridized carbons (Fsp3) is 0.600. The van der Waals surface area contributed by atoms with E-state index in [0.29, 0.717) is 36.7 Å². The number of nitrogens with zero attached hydrogens (tertiary/aromatic N) is 5. The quantitative estimate of drug-likeness (QED) is 0.202. The summed E-state index contributed by atoms with van der Waals surface area (Å²) in [5.74, 6) is 2.70. The van der Waals surface area contributed by atoms with Crippen LogP contribution in [0.4, 0.5) is 0 Å². The Labute approximate surface area is 194 Å². The summed E-state index contributed by atoms with van der Waals surface area (Å²) in [6.07, 6.45) is 15.7. The first-order valence-electron chi connectivity index (χ1n) is 12.4. The van der Waals surface area contributed by atoms with Crippen LogP contribution in [-0.4, -0.2) is 30.6 Å². The molecule has 0 saturated heterocycles. The van der Waals surface area contributed by atoms with Gasteiger partial charge in [-0.15, -0.1) is 0 Å². The lowest BCUT2D eigenvalue weighted by Crippen LogP contribution is -2.29. The van der Waals surface area contributed by atoms with Crippen molar-refractivity contribution in [2.45, 2.75) is 83.2 Å². The second kappa shape index (κ2) is 9.82. The molecule has 2 aliphatic carbocycles. The number of aromatic amines is 1. The summed E-state index contributed by atoms with van der Waals surface area (Å²) in [7, 11) is 0. The average Bonchev–Trinajstić information content (AvgIpc) is 3.47. The van der Waals surface area contributed by atoms with E-state index in [1.165, 1.54) is 32.1 Å². The van der Waals surface area contributed by atoms with E-state index >= 15 is 0 Å². The minimum atomic E-state index is 0.343. The van der Waals surface area contributed by atoms with Crippen LogP contribution in [0.15, 0.2) is 23.6 Å². The first kappa shape index (κ1) is 21.7. The molecule has 3 heterocycles. The van der Waals surface area contributed by atoms with Gasteiger partial charge >= 0.3 is 0 Å². The number of amidine groups is 1. The van der Waals surface area contributed by atoms with Crippen molar-refractivity contribution in [3.8, 4) is 6.07 Å². The number of fused-ring (bicyclic) bond motifs is 3. The smallest absolute Gasteiger partial charge is 0.142 e. The number of hydrogen-bond acceptors (Lipinski definition) is 5. The van der Waals surface area contributed by atoms with Crippen LogP contribution >= 0.6 is 0 Å². The van der Waals surface area contributed by atoms with Gasteiger partial charge in [0.15, 0.2) is 0 Å². The number of aromatic nitrogens is 4. The van der Waals surface area contributed by atoms with Gasteiger partial charge in [-0.1, -0.05) is 37.3 Å². The summed E-state index contributed by atoms with van der Waals surface area (Å²) in [4.78, 5) is 12.7. The van der Waals surface area contributed by atoms with E-state index in [1.54, 1.807) is 0 Å². The number of hydrogen-bond donors (Lipinski definition) is 3. The summed E-state index contributed by atoms with van der Waals surface area (Å²) >= 11 is 0. The third-order valence-corrected chi connectivity index (χ3v) is 7.65. The molecule has 0 bridgehead atoms. The van der Waals surface area contributed by atoms with Gasteiger partial charge in [0, 0.05) is 30.5 Å². The van der Waals surface area contributed by atoms with Crippen LogP contribution in [0.3, 0.4) is 0 Å². The van der Waals surface area contributed by atoms with Crippen molar-refractivity contribution >= 4 is 27.9 Å². The SMILES string of the molecule is N#CC[C@H]1CC[C@@H](n2c(CN/C(CC3CCCCC3)=N/O)nc3cnc4[nH]ccc4c32)CC1. The number of rotatable bonds is 6. The molecular weight excluding hydrogens is 414 g/mol. The van der Waals surface area contributed by atoms with Crippen molar-refractivity contribution in [1.82, 2.24) is 24.8 Å². The minimum absolute atomic E-state index is 0.343. The summed E-state index contributed by atoms with van der Waals surface area (Å²) in [5, 5.41) is 26.8. The number of nitriles is 1. The molecule has 0 spiro atoms. The molecule has 3 aromatic heterocycles. The number of imidazole rings is 1. The molecule has 174 valence electrons. The Balaban J connectivity index is 1.41. The molecule has 33 heavy (non-hydrogen) atoms. The van der Waals surface area contributed by atoms with Gasteiger partial charge in [-0.05, 0) is 43.6 Å².